The van der Waals surface area contributed by atoms with Crippen molar-refractivity contribution in [3.63, 3.8) is 0 Å². The monoisotopic (exact) mass is 234 g/mol. The van der Waals surface area contributed by atoms with Crippen molar-refractivity contribution in [1.82, 2.24) is 15.6 Å². The zero-order valence-corrected chi connectivity index (χ0v) is 10.1. The Labute approximate surface area is 101 Å². The highest BCUT2D eigenvalue weighted by Gasteiger charge is 2.16. The van der Waals surface area contributed by atoms with Crippen molar-refractivity contribution < 1.29 is 4.79 Å². The molecule has 1 aromatic heterocycles. The normalized spacial score (nSPS) is 14.8. The van der Waals surface area contributed by atoms with Crippen molar-refractivity contribution in [3.05, 3.63) is 23.9 Å². The molecular weight excluding hydrogens is 216 g/mol. The minimum absolute atomic E-state index is 0.166. The molecule has 5 nitrogen and oxygen atoms in total. The molecule has 5 heteroatoms. The number of hydrogen-bond acceptors (Lipinski definition) is 3. The fourth-order valence-corrected chi connectivity index (χ4v) is 2.05. The first-order valence-electron chi connectivity index (χ1n) is 5.95. The van der Waals surface area contributed by atoms with Crippen LogP contribution in [0.15, 0.2) is 18.3 Å². The molecule has 0 unspecified atom stereocenters. The molecule has 0 radical (unpaired) electrons. The lowest BCUT2D eigenvalue weighted by atomic mass is 10.2. The summed E-state index contributed by atoms with van der Waals surface area (Å²) in [6.45, 7) is 2.63. The number of hydrogen-bond donors (Lipinski definition) is 2. The van der Waals surface area contributed by atoms with E-state index in [2.05, 4.69) is 20.5 Å². The third kappa shape index (κ3) is 2.87. The predicted molar refractivity (Wildman–Crippen MR) is 67.0 cm³/mol. The molecule has 1 aliphatic rings. The minimum Gasteiger partial charge on any atom is -0.356 e. The summed E-state index contributed by atoms with van der Waals surface area (Å²) in [5, 5.41) is 5.34. The lowest BCUT2D eigenvalue weighted by Gasteiger charge is -2.19. The van der Waals surface area contributed by atoms with Gasteiger partial charge >= 0.3 is 6.03 Å². The van der Waals surface area contributed by atoms with Gasteiger partial charge < -0.3 is 15.5 Å². The Morgan fingerprint density at radius 3 is 2.94 bits per heavy atom. The third-order valence-electron chi connectivity index (χ3n) is 2.94. The van der Waals surface area contributed by atoms with Crippen LogP contribution in [-0.2, 0) is 6.54 Å². The molecule has 0 atom stereocenters. The predicted octanol–water partition coefficient (Wildman–Crippen LogP) is 1.11. The van der Waals surface area contributed by atoms with Crippen molar-refractivity contribution in [2.75, 3.05) is 25.0 Å². The van der Waals surface area contributed by atoms with E-state index in [0.29, 0.717) is 6.54 Å². The molecule has 92 valence electrons. The van der Waals surface area contributed by atoms with E-state index >= 15 is 0 Å². The van der Waals surface area contributed by atoms with Gasteiger partial charge in [0.05, 0.1) is 0 Å². The summed E-state index contributed by atoms with van der Waals surface area (Å²) < 4.78 is 0. The first-order chi connectivity index (χ1) is 8.31. The average Bonchev–Trinajstić information content (AvgIpc) is 2.90. The fourth-order valence-electron chi connectivity index (χ4n) is 2.05. The first kappa shape index (κ1) is 11.7. The van der Waals surface area contributed by atoms with Crippen LogP contribution in [0.4, 0.5) is 10.6 Å². The Kier molecular flexibility index (Phi) is 3.80. The van der Waals surface area contributed by atoms with Crippen molar-refractivity contribution in [1.29, 1.82) is 0 Å². The highest BCUT2D eigenvalue weighted by Crippen LogP contribution is 2.21. The smallest absolute Gasteiger partial charge is 0.314 e. The number of rotatable bonds is 3. The Morgan fingerprint density at radius 2 is 2.24 bits per heavy atom. The molecule has 1 aromatic rings. The molecule has 2 rings (SSSR count). The number of nitrogens with one attached hydrogen (secondary N) is 2. The van der Waals surface area contributed by atoms with E-state index < -0.39 is 0 Å². The molecule has 0 spiro atoms. The molecule has 0 saturated carbocycles. The second kappa shape index (κ2) is 5.52. The van der Waals surface area contributed by atoms with Crippen LogP contribution < -0.4 is 15.5 Å². The number of aromatic nitrogens is 1. The maximum Gasteiger partial charge on any atom is 0.314 e. The highest BCUT2D eigenvalue weighted by molar-refractivity contribution is 5.73. The first-order valence-corrected chi connectivity index (χ1v) is 5.95. The molecule has 1 aliphatic heterocycles. The molecule has 1 saturated heterocycles. The number of nitrogens with zero attached hydrogens (tertiary/aromatic N) is 2. The number of amides is 2. The molecule has 2 N–H and O–H groups in total. The summed E-state index contributed by atoms with van der Waals surface area (Å²) in [6.07, 6.45) is 4.24. The molecular formula is C12H18N4O. The topological polar surface area (TPSA) is 57.3 Å². The van der Waals surface area contributed by atoms with Gasteiger partial charge in [-0.3, -0.25) is 0 Å². The molecule has 0 bridgehead atoms. The largest absolute Gasteiger partial charge is 0.356 e. The fraction of sp³-hybridized carbons (Fsp3) is 0.500. The van der Waals surface area contributed by atoms with Crippen LogP contribution in [0, 0.1) is 0 Å². The van der Waals surface area contributed by atoms with E-state index in [9.17, 15) is 4.79 Å². The van der Waals surface area contributed by atoms with E-state index in [-0.39, 0.29) is 6.03 Å². The van der Waals surface area contributed by atoms with Gasteiger partial charge in [-0.2, -0.15) is 0 Å². The second-order valence-corrected chi connectivity index (χ2v) is 4.11. The van der Waals surface area contributed by atoms with Crippen LogP contribution in [0.3, 0.4) is 0 Å². The maximum atomic E-state index is 11.2. The van der Waals surface area contributed by atoms with E-state index in [0.717, 1.165) is 24.5 Å². The maximum absolute atomic E-state index is 11.2. The molecule has 2 heterocycles. The lowest BCUT2D eigenvalue weighted by molar-refractivity contribution is 0.242. The number of pyridine rings is 1. The Hall–Kier alpha value is -1.78. The van der Waals surface area contributed by atoms with E-state index in [1.165, 1.54) is 12.8 Å². The Balaban J connectivity index is 2.07. The van der Waals surface area contributed by atoms with Gasteiger partial charge in [0.2, 0.25) is 0 Å². The molecule has 1 fully saturated rings. The Bertz CT molecular complexity index is 388. The summed E-state index contributed by atoms with van der Waals surface area (Å²) in [5.74, 6) is 1.00. The number of carbonyl (C=O) groups excluding carboxylic acids is 1. The quantitative estimate of drug-likeness (QED) is 0.823. The number of carbonyl (C=O) groups is 1. The van der Waals surface area contributed by atoms with Gasteiger partial charge in [-0.25, -0.2) is 9.78 Å². The third-order valence-corrected chi connectivity index (χ3v) is 2.94. The minimum atomic E-state index is -0.166. The molecule has 0 aliphatic carbocycles. The lowest BCUT2D eigenvalue weighted by Crippen LogP contribution is -2.33. The van der Waals surface area contributed by atoms with Gasteiger partial charge in [-0.1, -0.05) is 6.07 Å². The van der Waals surface area contributed by atoms with E-state index in [1.54, 1.807) is 13.2 Å². The van der Waals surface area contributed by atoms with Crippen LogP contribution in [0.25, 0.3) is 0 Å². The summed E-state index contributed by atoms with van der Waals surface area (Å²) in [5.41, 5.74) is 1.07. The number of anilines is 1. The van der Waals surface area contributed by atoms with Crippen LogP contribution in [0.2, 0.25) is 0 Å². The molecule has 17 heavy (non-hydrogen) atoms. The van der Waals surface area contributed by atoms with E-state index in [1.807, 2.05) is 12.1 Å². The van der Waals surface area contributed by atoms with Gasteiger partial charge in [0.1, 0.15) is 5.82 Å². The van der Waals surface area contributed by atoms with Crippen molar-refractivity contribution in [3.8, 4) is 0 Å². The van der Waals surface area contributed by atoms with Gasteiger partial charge in [0.25, 0.3) is 0 Å². The van der Waals surface area contributed by atoms with Crippen molar-refractivity contribution >= 4 is 11.8 Å². The van der Waals surface area contributed by atoms with Gasteiger partial charge in [-0.15, -0.1) is 0 Å². The van der Waals surface area contributed by atoms with Gasteiger partial charge in [-0.05, 0) is 18.9 Å². The van der Waals surface area contributed by atoms with Crippen molar-refractivity contribution in [2.45, 2.75) is 19.4 Å². The summed E-state index contributed by atoms with van der Waals surface area (Å²) in [4.78, 5) is 17.9. The summed E-state index contributed by atoms with van der Waals surface area (Å²) >= 11 is 0. The summed E-state index contributed by atoms with van der Waals surface area (Å²) in [6, 6.07) is 3.75. The zero-order valence-electron chi connectivity index (χ0n) is 10.1. The average molecular weight is 234 g/mol. The van der Waals surface area contributed by atoms with Gasteiger partial charge in [0.15, 0.2) is 0 Å². The zero-order chi connectivity index (χ0) is 12.1. The molecule has 2 amide bonds. The Morgan fingerprint density at radius 1 is 1.47 bits per heavy atom. The van der Waals surface area contributed by atoms with Crippen LogP contribution >= 0.6 is 0 Å². The van der Waals surface area contributed by atoms with Gasteiger partial charge in [0, 0.05) is 38.4 Å². The second-order valence-electron chi connectivity index (χ2n) is 4.11. The highest BCUT2D eigenvalue weighted by atomic mass is 16.2. The van der Waals surface area contributed by atoms with Crippen LogP contribution in [-0.4, -0.2) is 31.2 Å². The van der Waals surface area contributed by atoms with Crippen LogP contribution in [0.1, 0.15) is 18.4 Å². The summed E-state index contributed by atoms with van der Waals surface area (Å²) in [7, 11) is 1.61. The standard InChI is InChI=1S/C12H18N4O/c1-13-12(17)15-9-10-5-4-6-14-11(10)16-7-2-3-8-16/h4-6H,2-3,7-9H2,1H3,(H2,13,15,17). The SMILES string of the molecule is CNC(=O)NCc1cccnc1N1CCCC1. The van der Waals surface area contributed by atoms with Crippen molar-refractivity contribution in [2.24, 2.45) is 0 Å². The molecule has 0 aromatic carbocycles. The van der Waals surface area contributed by atoms with E-state index in [4.69, 9.17) is 0 Å². The number of urea groups is 1. The van der Waals surface area contributed by atoms with Crippen LogP contribution in [0.5, 0.6) is 0 Å².